The smallest absolute Gasteiger partial charge is 0.270 e. The molecule has 0 spiro atoms. The Morgan fingerprint density at radius 2 is 2.27 bits per heavy atom. The van der Waals surface area contributed by atoms with Crippen LogP contribution in [-0.4, -0.2) is 18.0 Å². The van der Waals surface area contributed by atoms with Crippen LogP contribution in [0.15, 0.2) is 6.07 Å². The number of pyridine rings is 1. The molecule has 7 heteroatoms. The van der Waals surface area contributed by atoms with Crippen molar-refractivity contribution in [1.29, 1.82) is 0 Å². The third-order valence-electron chi connectivity index (χ3n) is 1.64. The van der Waals surface area contributed by atoms with Crippen molar-refractivity contribution in [3.8, 4) is 5.88 Å². The number of primary amides is 1. The zero-order valence-electron chi connectivity index (χ0n) is 7.63. The number of amides is 1. The Morgan fingerprint density at radius 3 is 2.67 bits per heavy atom. The zero-order valence-corrected chi connectivity index (χ0v) is 8.39. The molecule has 0 saturated heterocycles. The lowest BCUT2D eigenvalue weighted by molar-refractivity contribution is 0.0993. The number of nitrogens with two attached hydrogens (primary N) is 1. The quantitative estimate of drug-likeness (QED) is 0.870. The fraction of sp³-hybridized carbons (Fsp3) is 0.250. The van der Waals surface area contributed by atoms with E-state index in [1.807, 2.05) is 0 Å². The van der Waals surface area contributed by atoms with Gasteiger partial charge < -0.3 is 10.5 Å². The Hall–Kier alpha value is -1.43. The summed E-state index contributed by atoms with van der Waals surface area (Å²) in [6, 6.07) is 0.980. The van der Waals surface area contributed by atoms with Crippen LogP contribution in [-0.2, 0) is 0 Å². The summed E-state index contributed by atoms with van der Waals surface area (Å²) >= 11 is 5.54. The zero-order chi connectivity index (χ0) is 11.6. The van der Waals surface area contributed by atoms with Crippen LogP contribution in [0.1, 0.15) is 22.5 Å². The number of carbonyl (C=O) groups excluding carboxylic acids is 1. The number of carbonyl (C=O) groups is 1. The van der Waals surface area contributed by atoms with Crippen LogP contribution in [0.4, 0.5) is 8.78 Å². The van der Waals surface area contributed by atoms with Gasteiger partial charge in [-0.1, -0.05) is 11.6 Å². The molecule has 1 amide bonds. The highest BCUT2D eigenvalue weighted by molar-refractivity contribution is 6.31. The highest BCUT2D eigenvalue weighted by Crippen LogP contribution is 2.34. The summed E-state index contributed by atoms with van der Waals surface area (Å²) in [5.74, 6) is -1.26. The Kier molecular flexibility index (Phi) is 3.41. The molecule has 1 rings (SSSR count). The van der Waals surface area contributed by atoms with E-state index in [4.69, 9.17) is 17.3 Å². The second-order valence-corrected chi connectivity index (χ2v) is 2.98. The number of alkyl halides is 2. The number of rotatable bonds is 3. The van der Waals surface area contributed by atoms with E-state index in [2.05, 4.69) is 9.72 Å². The Balaban J connectivity index is 3.37. The standard InChI is InChI=1S/C8H7ClF2N2O2/c1-15-8-5(6(10)11)3(9)2-4(13-8)7(12)14/h2,6H,1H3,(H2,12,14). The molecule has 1 aromatic heterocycles. The molecule has 0 bridgehead atoms. The van der Waals surface area contributed by atoms with Gasteiger partial charge in [-0.2, -0.15) is 0 Å². The Bertz CT molecular complexity index is 398. The summed E-state index contributed by atoms with van der Waals surface area (Å²) in [5.41, 5.74) is 4.16. The van der Waals surface area contributed by atoms with Gasteiger partial charge in [0.1, 0.15) is 5.69 Å². The topological polar surface area (TPSA) is 65.2 Å². The first-order valence-corrected chi connectivity index (χ1v) is 4.17. The number of aromatic nitrogens is 1. The lowest BCUT2D eigenvalue weighted by atomic mass is 10.2. The summed E-state index contributed by atoms with van der Waals surface area (Å²) in [6.07, 6.45) is -2.83. The second-order valence-electron chi connectivity index (χ2n) is 2.58. The predicted octanol–water partition coefficient (Wildman–Crippen LogP) is 1.78. The lowest BCUT2D eigenvalue weighted by Crippen LogP contribution is -2.14. The third-order valence-corrected chi connectivity index (χ3v) is 1.95. The minimum Gasteiger partial charge on any atom is -0.481 e. The minimum atomic E-state index is -2.83. The molecular formula is C8H7ClF2N2O2. The van der Waals surface area contributed by atoms with E-state index >= 15 is 0 Å². The molecule has 0 radical (unpaired) electrons. The van der Waals surface area contributed by atoms with Crippen molar-refractivity contribution >= 4 is 17.5 Å². The van der Waals surface area contributed by atoms with E-state index < -0.39 is 23.8 Å². The molecule has 0 atom stereocenters. The highest BCUT2D eigenvalue weighted by atomic mass is 35.5. The lowest BCUT2D eigenvalue weighted by Gasteiger charge is -2.09. The van der Waals surface area contributed by atoms with Crippen LogP contribution < -0.4 is 10.5 Å². The monoisotopic (exact) mass is 236 g/mol. The molecule has 0 fully saturated rings. The number of hydrogen-bond acceptors (Lipinski definition) is 3. The summed E-state index contributed by atoms with van der Waals surface area (Å²) in [6.45, 7) is 0. The van der Waals surface area contributed by atoms with Crippen LogP contribution in [0.5, 0.6) is 5.88 Å². The van der Waals surface area contributed by atoms with Gasteiger partial charge in [0.2, 0.25) is 5.88 Å². The normalized spacial score (nSPS) is 10.5. The molecule has 1 aromatic rings. The predicted molar refractivity (Wildman–Crippen MR) is 49.3 cm³/mol. The molecular weight excluding hydrogens is 230 g/mol. The van der Waals surface area contributed by atoms with Gasteiger partial charge in [0.15, 0.2) is 0 Å². The maximum atomic E-state index is 12.5. The van der Waals surface area contributed by atoms with Crippen LogP contribution >= 0.6 is 11.6 Å². The van der Waals surface area contributed by atoms with Gasteiger partial charge >= 0.3 is 0 Å². The summed E-state index contributed by atoms with van der Waals surface area (Å²) in [4.78, 5) is 14.3. The van der Waals surface area contributed by atoms with E-state index in [9.17, 15) is 13.6 Å². The fourth-order valence-corrected chi connectivity index (χ4v) is 1.25. The maximum absolute atomic E-state index is 12.5. The number of halogens is 3. The maximum Gasteiger partial charge on any atom is 0.270 e. The van der Waals surface area contributed by atoms with Crippen LogP contribution in [0, 0.1) is 0 Å². The van der Waals surface area contributed by atoms with E-state index in [1.165, 1.54) is 0 Å². The largest absolute Gasteiger partial charge is 0.481 e. The molecule has 0 saturated carbocycles. The van der Waals surface area contributed by atoms with Gasteiger partial charge in [0, 0.05) is 0 Å². The average molecular weight is 237 g/mol. The number of nitrogens with zero attached hydrogens (tertiary/aromatic N) is 1. The highest BCUT2D eigenvalue weighted by Gasteiger charge is 2.21. The molecule has 0 aliphatic heterocycles. The van der Waals surface area contributed by atoms with Crippen LogP contribution in [0.3, 0.4) is 0 Å². The van der Waals surface area contributed by atoms with Gasteiger partial charge in [-0.25, -0.2) is 13.8 Å². The molecule has 82 valence electrons. The van der Waals surface area contributed by atoms with Crippen LogP contribution in [0.25, 0.3) is 0 Å². The van der Waals surface area contributed by atoms with E-state index in [0.29, 0.717) is 0 Å². The SMILES string of the molecule is COc1nc(C(N)=O)cc(Cl)c1C(F)F. The first kappa shape index (κ1) is 11.6. The molecule has 0 aliphatic carbocycles. The summed E-state index contributed by atoms with van der Waals surface area (Å²) < 4.78 is 29.6. The molecule has 1 heterocycles. The molecule has 15 heavy (non-hydrogen) atoms. The number of ether oxygens (including phenoxy) is 1. The molecule has 0 unspecified atom stereocenters. The van der Waals surface area contributed by atoms with Crippen molar-refractivity contribution in [1.82, 2.24) is 4.98 Å². The summed E-state index contributed by atoms with van der Waals surface area (Å²) in [7, 11) is 1.15. The van der Waals surface area contributed by atoms with Crippen molar-refractivity contribution in [3.05, 3.63) is 22.3 Å². The van der Waals surface area contributed by atoms with Crippen molar-refractivity contribution in [2.45, 2.75) is 6.43 Å². The van der Waals surface area contributed by atoms with Crippen molar-refractivity contribution in [3.63, 3.8) is 0 Å². The first-order valence-electron chi connectivity index (χ1n) is 3.79. The molecule has 0 aromatic carbocycles. The average Bonchev–Trinajstić information content (AvgIpc) is 2.15. The second kappa shape index (κ2) is 4.39. The Morgan fingerprint density at radius 1 is 1.67 bits per heavy atom. The van der Waals surface area contributed by atoms with E-state index in [-0.39, 0.29) is 10.7 Å². The Labute approximate surface area is 89.0 Å². The molecule has 2 N–H and O–H groups in total. The van der Waals surface area contributed by atoms with Gasteiger partial charge in [0.25, 0.3) is 12.3 Å². The van der Waals surface area contributed by atoms with E-state index in [1.54, 1.807) is 0 Å². The first-order chi connectivity index (χ1) is 6.97. The van der Waals surface area contributed by atoms with E-state index in [0.717, 1.165) is 13.2 Å². The van der Waals surface area contributed by atoms with Crippen LogP contribution in [0.2, 0.25) is 5.02 Å². The molecule has 4 nitrogen and oxygen atoms in total. The van der Waals surface area contributed by atoms with Crippen molar-refractivity contribution < 1.29 is 18.3 Å². The van der Waals surface area contributed by atoms with Gasteiger partial charge in [0.05, 0.1) is 17.7 Å². The summed E-state index contributed by atoms with van der Waals surface area (Å²) in [5, 5.41) is -0.300. The number of methoxy groups -OCH3 is 1. The third kappa shape index (κ3) is 2.33. The van der Waals surface area contributed by atoms with Crippen molar-refractivity contribution in [2.24, 2.45) is 5.73 Å². The minimum absolute atomic E-state index is 0.221. The molecule has 0 aliphatic rings. The van der Waals surface area contributed by atoms with Gasteiger partial charge in [-0.15, -0.1) is 0 Å². The van der Waals surface area contributed by atoms with Gasteiger partial charge in [-0.3, -0.25) is 4.79 Å². The van der Waals surface area contributed by atoms with Crippen molar-refractivity contribution in [2.75, 3.05) is 7.11 Å². The fourth-order valence-electron chi connectivity index (χ4n) is 0.981. The van der Waals surface area contributed by atoms with Gasteiger partial charge in [-0.05, 0) is 6.07 Å². The number of hydrogen-bond donors (Lipinski definition) is 1.